The molecule has 4 nitrogen and oxygen atoms in total. The van der Waals surface area contributed by atoms with Crippen LogP contribution < -0.4 is 4.72 Å². The van der Waals surface area contributed by atoms with Crippen LogP contribution in [-0.2, 0) is 9.53 Å². The molecule has 0 radical (unpaired) electrons. The minimum absolute atomic E-state index is 0.346. The minimum atomic E-state index is -4.19. The average molecular weight is 333 g/mol. The molecule has 2 heterocycles. The normalized spacial score (nSPS) is 19.3. The van der Waals surface area contributed by atoms with Gasteiger partial charge >= 0.3 is 0 Å². The lowest BCUT2D eigenvalue weighted by Gasteiger charge is -2.45. The van der Waals surface area contributed by atoms with Gasteiger partial charge in [0.2, 0.25) is 0 Å². The van der Waals surface area contributed by atoms with Gasteiger partial charge in [-0.1, -0.05) is 41.9 Å². The zero-order valence-electron chi connectivity index (χ0n) is 11.7. The van der Waals surface area contributed by atoms with E-state index in [4.69, 9.17) is 11.6 Å². The molecule has 0 amide bonds. The number of nitrogens with one attached hydrogen (secondary N) is 1. The standard InChI is InChI=1S/C16H13ClN2O2S/c1-22(20,21)13-5-3-2-4-11(13)12-8-6-10-7-9-14(17)18-15(10)16(12)19-22/h2-9H,1H3,(H2,19,20,21). The summed E-state index contributed by atoms with van der Waals surface area (Å²) in [5.41, 5.74) is 2.72. The van der Waals surface area contributed by atoms with Crippen molar-refractivity contribution in [3.63, 3.8) is 0 Å². The predicted octanol–water partition coefficient (Wildman–Crippen LogP) is 4.18. The van der Waals surface area contributed by atoms with Crippen LogP contribution in [0.5, 0.6) is 0 Å². The van der Waals surface area contributed by atoms with Crippen molar-refractivity contribution in [1.82, 2.24) is 4.98 Å². The molecule has 0 atom stereocenters. The summed E-state index contributed by atoms with van der Waals surface area (Å²) in [7, 11) is -4.19. The van der Waals surface area contributed by atoms with Crippen LogP contribution in [0.15, 0.2) is 53.4 Å². The Bertz CT molecular complexity index is 1010. The number of rotatable bonds is 0. The highest BCUT2D eigenvalue weighted by atomic mass is 35.5. The highest BCUT2D eigenvalue weighted by Crippen LogP contribution is 2.48. The third kappa shape index (κ3) is 1.86. The maximum absolute atomic E-state index is 13.1. The van der Waals surface area contributed by atoms with Crippen LogP contribution in [-0.4, -0.2) is 20.0 Å². The van der Waals surface area contributed by atoms with Crippen molar-refractivity contribution in [3.05, 3.63) is 53.7 Å². The fourth-order valence-electron chi connectivity index (χ4n) is 2.90. The molecule has 4 rings (SSSR count). The molecular formula is C16H13ClN2O2S. The Kier molecular flexibility index (Phi) is 2.53. The Morgan fingerprint density at radius 1 is 1.09 bits per heavy atom. The van der Waals surface area contributed by atoms with Crippen LogP contribution in [0.4, 0.5) is 5.69 Å². The number of benzene rings is 2. The molecule has 112 valence electrons. The quantitative estimate of drug-likeness (QED) is 0.607. The first-order valence-electron chi connectivity index (χ1n) is 6.70. The van der Waals surface area contributed by atoms with Crippen molar-refractivity contribution in [2.75, 3.05) is 11.0 Å². The molecule has 0 spiro atoms. The number of hydrogen-bond acceptors (Lipinski definition) is 2. The Labute approximate surface area is 132 Å². The number of halogens is 1. The van der Waals surface area contributed by atoms with Crippen molar-refractivity contribution in [3.8, 4) is 11.1 Å². The zero-order chi connectivity index (χ0) is 15.6. The fraction of sp³-hybridized carbons (Fsp3) is 0.0625. The van der Waals surface area contributed by atoms with E-state index in [0.29, 0.717) is 21.3 Å². The lowest BCUT2D eigenvalue weighted by molar-refractivity contribution is 0.526. The van der Waals surface area contributed by atoms with E-state index in [1.807, 2.05) is 30.3 Å². The summed E-state index contributed by atoms with van der Waals surface area (Å²) in [5, 5.41) is 1.21. The van der Waals surface area contributed by atoms with Gasteiger partial charge in [-0.3, -0.25) is 9.27 Å². The molecule has 0 saturated heterocycles. The number of anilines is 1. The van der Waals surface area contributed by atoms with Gasteiger partial charge in [-0.05, 0) is 18.2 Å². The Morgan fingerprint density at radius 3 is 2.64 bits per heavy atom. The van der Waals surface area contributed by atoms with Crippen LogP contribution in [0.2, 0.25) is 5.15 Å². The summed E-state index contributed by atoms with van der Waals surface area (Å²) in [6.45, 7) is 0. The first-order chi connectivity index (χ1) is 10.3. The lowest BCUT2D eigenvalue weighted by atomic mass is 10.0. The monoisotopic (exact) mass is 332 g/mol. The number of pyridine rings is 1. The summed E-state index contributed by atoms with van der Waals surface area (Å²) in [5.74, 6) is 0. The Morgan fingerprint density at radius 2 is 1.82 bits per heavy atom. The van der Waals surface area contributed by atoms with Gasteiger partial charge in [-0.15, -0.1) is 9.53 Å². The molecular weight excluding hydrogens is 320 g/mol. The van der Waals surface area contributed by atoms with Crippen molar-refractivity contribution in [2.45, 2.75) is 4.90 Å². The molecule has 2 N–H and O–H groups in total. The van der Waals surface area contributed by atoms with Crippen molar-refractivity contribution < 1.29 is 8.76 Å². The fourth-order valence-corrected chi connectivity index (χ4v) is 4.94. The first kappa shape index (κ1) is 13.7. The molecule has 3 aromatic rings. The second-order valence-corrected chi connectivity index (χ2v) is 9.17. The molecule has 1 aromatic heterocycles. The van der Waals surface area contributed by atoms with E-state index in [-0.39, 0.29) is 0 Å². The van der Waals surface area contributed by atoms with Crippen LogP contribution in [0.1, 0.15) is 0 Å². The number of fused-ring (bicyclic) bond motifs is 5. The Balaban J connectivity index is 2.18. The minimum Gasteiger partial charge on any atom is -0.283 e. The number of nitrogens with zero attached hydrogens (tertiary/aromatic N) is 1. The van der Waals surface area contributed by atoms with E-state index >= 15 is 0 Å². The van der Waals surface area contributed by atoms with Gasteiger partial charge in [0, 0.05) is 22.8 Å². The summed E-state index contributed by atoms with van der Waals surface area (Å²) >= 11 is 6.00. The van der Waals surface area contributed by atoms with Gasteiger partial charge in [0.25, 0.3) is 0 Å². The summed E-state index contributed by atoms with van der Waals surface area (Å²) in [4.78, 5) is 4.73. The highest BCUT2D eigenvalue weighted by Gasteiger charge is 2.34. The van der Waals surface area contributed by atoms with E-state index in [2.05, 4.69) is 9.71 Å². The summed E-state index contributed by atoms with van der Waals surface area (Å²) in [6, 6.07) is 14.5. The van der Waals surface area contributed by atoms with E-state index in [0.717, 1.165) is 16.5 Å². The van der Waals surface area contributed by atoms with Crippen molar-refractivity contribution in [2.24, 2.45) is 0 Å². The van der Waals surface area contributed by atoms with E-state index in [1.165, 1.54) is 6.26 Å². The summed E-state index contributed by atoms with van der Waals surface area (Å²) in [6.07, 6.45) is 1.32. The SMILES string of the molecule is CS1(=O)(O)Nc2c(ccc3ccc(Cl)nc23)-c2ccccc21. The van der Waals surface area contributed by atoms with E-state index in [1.54, 1.807) is 18.2 Å². The lowest BCUT2D eigenvalue weighted by Crippen LogP contribution is -2.41. The van der Waals surface area contributed by atoms with Gasteiger partial charge in [0.05, 0.1) is 16.1 Å². The van der Waals surface area contributed by atoms with Crippen LogP contribution >= 0.6 is 11.6 Å². The van der Waals surface area contributed by atoms with Crippen LogP contribution in [0.3, 0.4) is 0 Å². The molecule has 0 unspecified atom stereocenters. The van der Waals surface area contributed by atoms with Gasteiger partial charge in [0.1, 0.15) is 5.15 Å². The molecule has 6 heteroatoms. The summed E-state index contributed by atoms with van der Waals surface area (Å²) < 4.78 is 26.7. The van der Waals surface area contributed by atoms with Gasteiger partial charge in [-0.25, -0.2) is 4.98 Å². The van der Waals surface area contributed by atoms with Gasteiger partial charge < -0.3 is 0 Å². The van der Waals surface area contributed by atoms with Gasteiger partial charge in [0.15, 0.2) is 0 Å². The molecule has 0 aliphatic carbocycles. The number of aromatic nitrogens is 1. The molecule has 22 heavy (non-hydrogen) atoms. The molecule has 2 aromatic carbocycles. The second-order valence-electron chi connectivity index (χ2n) is 5.58. The van der Waals surface area contributed by atoms with Crippen molar-refractivity contribution >= 4 is 37.7 Å². The van der Waals surface area contributed by atoms with Crippen LogP contribution in [0, 0.1) is 0 Å². The van der Waals surface area contributed by atoms with Crippen LogP contribution in [0.25, 0.3) is 22.0 Å². The smallest absolute Gasteiger partial charge is 0.129 e. The number of hydrogen-bond donors (Lipinski definition) is 2. The molecule has 0 fully saturated rings. The topological polar surface area (TPSA) is 62.2 Å². The second kappa shape index (κ2) is 4.07. The maximum atomic E-state index is 13.1. The molecule has 0 saturated carbocycles. The molecule has 1 aliphatic heterocycles. The largest absolute Gasteiger partial charge is 0.283 e. The third-order valence-corrected chi connectivity index (χ3v) is 6.15. The third-order valence-electron chi connectivity index (χ3n) is 3.87. The Hall–Kier alpha value is -1.95. The molecule has 0 bridgehead atoms. The predicted molar refractivity (Wildman–Crippen MR) is 90.8 cm³/mol. The average Bonchev–Trinajstić information content (AvgIpc) is 2.46. The zero-order valence-corrected chi connectivity index (χ0v) is 13.3. The van der Waals surface area contributed by atoms with Gasteiger partial charge in [-0.2, -0.15) is 4.21 Å². The van der Waals surface area contributed by atoms with Crippen molar-refractivity contribution in [1.29, 1.82) is 0 Å². The highest BCUT2D eigenvalue weighted by molar-refractivity contribution is 8.15. The molecule has 1 aliphatic rings. The van der Waals surface area contributed by atoms with E-state index in [9.17, 15) is 8.76 Å². The van der Waals surface area contributed by atoms with E-state index < -0.39 is 9.53 Å². The first-order valence-corrected chi connectivity index (χ1v) is 9.41. The maximum Gasteiger partial charge on any atom is 0.129 e.